The number of fused-ring (bicyclic) bond motifs is 7. The van der Waals surface area contributed by atoms with E-state index in [0.717, 1.165) is 5.57 Å². The smallest absolute Gasteiger partial charge is 0.232 e. The molecular formula is C30H19N2O4S2+. The average molecular weight is 536 g/mol. The summed E-state index contributed by atoms with van der Waals surface area (Å²) < 4.78 is 0. The zero-order chi connectivity index (χ0) is 26.6. The predicted octanol–water partition coefficient (Wildman–Crippen LogP) is 3.60. The van der Waals surface area contributed by atoms with Gasteiger partial charge in [0.15, 0.2) is 17.3 Å². The van der Waals surface area contributed by atoms with Gasteiger partial charge in [-0.1, -0.05) is 48.5 Å². The van der Waals surface area contributed by atoms with Crippen LogP contribution in [0, 0.1) is 6.92 Å². The van der Waals surface area contributed by atoms with Crippen LogP contribution in [0.1, 0.15) is 65.0 Å². The van der Waals surface area contributed by atoms with Gasteiger partial charge in [0, 0.05) is 43.2 Å². The van der Waals surface area contributed by atoms with Crippen LogP contribution in [0.3, 0.4) is 0 Å². The number of benzene rings is 3. The summed E-state index contributed by atoms with van der Waals surface area (Å²) in [5.41, 5.74) is 5.30. The average Bonchev–Trinajstić information content (AvgIpc) is 2.93. The Bertz CT molecular complexity index is 1860. The second-order valence-electron chi connectivity index (χ2n) is 9.78. The molecule has 38 heavy (non-hydrogen) atoms. The molecule has 3 aromatic carbocycles. The van der Waals surface area contributed by atoms with Crippen LogP contribution < -0.4 is 10.3 Å². The van der Waals surface area contributed by atoms with Gasteiger partial charge in [-0.3, -0.25) is 19.2 Å². The lowest BCUT2D eigenvalue weighted by molar-refractivity contribution is -0.356. The summed E-state index contributed by atoms with van der Waals surface area (Å²) in [5, 5.41) is 3.44. The van der Waals surface area contributed by atoms with Crippen molar-refractivity contribution in [3.8, 4) is 0 Å². The van der Waals surface area contributed by atoms with E-state index >= 15 is 0 Å². The Balaban J connectivity index is 1.52. The molecule has 2 N–H and O–H groups in total. The van der Waals surface area contributed by atoms with Crippen molar-refractivity contribution in [2.45, 2.75) is 24.8 Å². The maximum atomic E-state index is 13.8. The molecule has 0 fully saturated rings. The van der Waals surface area contributed by atoms with E-state index in [1.807, 2.05) is 13.8 Å². The maximum absolute atomic E-state index is 13.8. The van der Waals surface area contributed by atoms with Gasteiger partial charge < -0.3 is 5.32 Å². The topological polar surface area (TPSA) is 94.3 Å². The highest BCUT2D eigenvalue weighted by Gasteiger charge is 2.49. The number of carbonyl (C=O) groups is 4. The first-order chi connectivity index (χ1) is 18.2. The Morgan fingerprint density at radius 1 is 0.711 bits per heavy atom. The fraction of sp³-hybridized carbons (Fsp3) is 0.100. The molecule has 1 aliphatic heterocycles. The van der Waals surface area contributed by atoms with Gasteiger partial charge in [0.2, 0.25) is 17.2 Å². The first kappa shape index (κ1) is 23.1. The minimum absolute atomic E-state index is 0.246. The molecule has 1 atom stereocenters. The first-order valence-electron chi connectivity index (χ1n) is 12.0. The van der Waals surface area contributed by atoms with Crippen LogP contribution in [0.4, 0.5) is 11.4 Å². The van der Waals surface area contributed by atoms with Crippen LogP contribution in [0.5, 0.6) is 0 Å². The molecule has 0 spiro atoms. The molecule has 0 bridgehead atoms. The van der Waals surface area contributed by atoms with Crippen LogP contribution in [-0.4, -0.2) is 34.9 Å². The van der Waals surface area contributed by atoms with E-state index in [1.54, 1.807) is 48.5 Å². The fourth-order valence-corrected chi connectivity index (χ4v) is 6.57. The summed E-state index contributed by atoms with van der Waals surface area (Å²) in [6.07, 6.45) is 0. The van der Waals surface area contributed by atoms with Crippen LogP contribution in [0.25, 0.3) is 0 Å². The highest BCUT2D eigenvalue weighted by molar-refractivity contribution is 7.85. The van der Waals surface area contributed by atoms with Crippen molar-refractivity contribution in [2.75, 3.05) is 5.32 Å². The number of Topliss-reactive ketones (excluding diaryl/α,β-unsaturated/α-hetero) is 2. The second kappa shape index (κ2) is 7.75. The molecule has 3 aromatic rings. The normalized spacial score (nSPS) is 19.2. The van der Waals surface area contributed by atoms with Crippen LogP contribution in [0.2, 0.25) is 0 Å². The lowest BCUT2D eigenvalue weighted by Gasteiger charge is -2.34. The maximum Gasteiger partial charge on any atom is 0.232 e. The summed E-state index contributed by atoms with van der Waals surface area (Å²) in [5.74, 6) is -1.06. The zero-order valence-electron chi connectivity index (χ0n) is 20.2. The number of hydrogen-bond acceptors (Lipinski definition) is 7. The summed E-state index contributed by atoms with van der Waals surface area (Å²) in [7, 11) is 0. The third-order valence-corrected chi connectivity index (χ3v) is 8.99. The number of allylic oxidation sites excluding steroid dienone is 1. The number of rotatable bonds is 0. The van der Waals surface area contributed by atoms with Gasteiger partial charge in [0.25, 0.3) is 0 Å². The molecule has 7 rings (SSSR count). The van der Waals surface area contributed by atoms with E-state index < -0.39 is 6.04 Å². The summed E-state index contributed by atoms with van der Waals surface area (Å²) in [6, 6.07) is 13.0. The molecule has 4 aliphatic rings. The van der Waals surface area contributed by atoms with Crippen LogP contribution in [0.15, 0.2) is 75.1 Å². The molecule has 184 valence electrons. The predicted molar refractivity (Wildman–Crippen MR) is 149 cm³/mol. The van der Waals surface area contributed by atoms with Crippen molar-refractivity contribution in [2.24, 2.45) is 0 Å². The number of ketones is 4. The van der Waals surface area contributed by atoms with E-state index in [-0.39, 0.29) is 45.4 Å². The Morgan fingerprint density at radius 2 is 1.21 bits per heavy atom. The minimum atomic E-state index is -0.565. The first-order valence-corrected chi connectivity index (χ1v) is 12.9. The fourth-order valence-electron chi connectivity index (χ4n) is 5.91. The molecule has 0 saturated carbocycles. The van der Waals surface area contributed by atoms with E-state index in [1.165, 1.54) is 0 Å². The molecule has 1 heterocycles. The van der Waals surface area contributed by atoms with E-state index in [4.69, 9.17) is 12.6 Å². The molecule has 8 heteroatoms. The van der Waals surface area contributed by atoms with E-state index in [2.05, 4.69) is 22.9 Å². The molecule has 1 unspecified atom stereocenters. The summed E-state index contributed by atoms with van der Waals surface area (Å²) in [6.45, 7) is 3.65. The van der Waals surface area contributed by atoms with Crippen molar-refractivity contribution < 1.29 is 24.2 Å². The van der Waals surface area contributed by atoms with Crippen LogP contribution >= 0.6 is 25.3 Å². The number of carbonyl (C=O) groups excluding carboxylic acids is 4. The third-order valence-electron chi connectivity index (χ3n) is 7.86. The lowest BCUT2D eigenvalue weighted by Crippen LogP contribution is -2.75. The van der Waals surface area contributed by atoms with Crippen molar-refractivity contribution >= 4 is 65.5 Å². The monoisotopic (exact) mass is 535 g/mol. The van der Waals surface area contributed by atoms with Gasteiger partial charge in [-0.2, -0.15) is 0 Å². The zero-order valence-corrected chi connectivity index (χ0v) is 22.0. The van der Waals surface area contributed by atoms with E-state index in [0.29, 0.717) is 54.7 Å². The number of anilines is 1. The third kappa shape index (κ3) is 2.73. The Hall–Kier alpha value is -4.01. The summed E-state index contributed by atoms with van der Waals surface area (Å²) >= 11 is 9.38. The molecule has 0 amide bonds. The van der Waals surface area contributed by atoms with Crippen molar-refractivity contribution in [3.63, 3.8) is 0 Å². The molecular weight excluding hydrogens is 516 g/mol. The Labute approximate surface area is 228 Å². The van der Waals surface area contributed by atoms with Gasteiger partial charge in [0.05, 0.1) is 11.1 Å². The summed E-state index contributed by atoms with van der Waals surface area (Å²) in [4.78, 5) is 58.8. The Kier molecular flexibility index (Phi) is 4.72. The van der Waals surface area contributed by atoms with Gasteiger partial charge in [0.1, 0.15) is 17.3 Å². The van der Waals surface area contributed by atoms with Gasteiger partial charge >= 0.3 is 0 Å². The highest BCUT2D eigenvalue weighted by Crippen LogP contribution is 2.45. The van der Waals surface area contributed by atoms with Crippen molar-refractivity contribution in [1.82, 2.24) is 0 Å². The Morgan fingerprint density at radius 3 is 1.79 bits per heavy atom. The lowest BCUT2D eigenvalue weighted by atomic mass is 9.74. The number of hydrogen-bond donors (Lipinski definition) is 4. The van der Waals surface area contributed by atoms with Gasteiger partial charge in [-0.25, -0.2) is 4.99 Å². The largest absolute Gasteiger partial charge is 0.363 e. The highest BCUT2D eigenvalue weighted by atomic mass is 32.1. The minimum Gasteiger partial charge on any atom is -0.363 e. The molecule has 0 saturated heterocycles. The van der Waals surface area contributed by atoms with Crippen molar-refractivity contribution in [3.05, 3.63) is 109 Å². The van der Waals surface area contributed by atoms with Gasteiger partial charge in [-0.05, 0) is 19.4 Å². The van der Waals surface area contributed by atoms with Crippen LogP contribution in [-0.2, 0) is 0 Å². The SMILES string of the molecule is CC1=C(S)C2=C(C(=O)c3ccccc3C2=O)C2=[NH+]c3c(C)c(S)c4c(c3NC21)C(=O)c1ccccc1C4=O. The molecule has 6 nitrogen and oxygen atoms in total. The quantitative estimate of drug-likeness (QED) is 0.258. The second-order valence-corrected chi connectivity index (χ2v) is 10.7. The molecule has 0 aromatic heterocycles. The molecule has 0 radical (unpaired) electrons. The van der Waals surface area contributed by atoms with Crippen molar-refractivity contribution in [1.29, 1.82) is 0 Å². The molecule has 3 aliphatic carbocycles. The van der Waals surface area contributed by atoms with E-state index in [9.17, 15) is 19.2 Å². The standard InChI is InChI=1S/C30H18N2O4S2/c1-11-21-23(17-19(29(11)37)27(35)15-9-5-3-7-13(15)25(17)33)32-22-12(2)30(38)20-18(24(22)31-21)26(34)14-8-4-6-10-16(14)28(20)36/h3-10,21,31,37-38H,1-2H3/p+1. The number of thiol groups is 2. The van der Waals surface area contributed by atoms with Gasteiger partial charge in [-0.15, -0.1) is 25.3 Å². The number of nitrogens with one attached hydrogen (secondary N) is 2.